The van der Waals surface area contributed by atoms with Gasteiger partial charge in [-0.25, -0.2) is 4.98 Å². The van der Waals surface area contributed by atoms with Crippen LogP contribution in [0.3, 0.4) is 0 Å². The number of hydrogen-bond acceptors (Lipinski definition) is 6. The van der Waals surface area contributed by atoms with Crippen LogP contribution in [0.15, 0.2) is 10.6 Å². The van der Waals surface area contributed by atoms with Crippen molar-refractivity contribution in [3.8, 4) is 0 Å². The summed E-state index contributed by atoms with van der Waals surface area (Å²) < 4.78 is 5.17. The summed E-state index contributed by atoms with van der Waals surface area (Å²) in [5.41, 5.74) is 7.50. The van der Waals surface area contributed by atoms with Gasteiger partial charge in [0.2, 0.25) is 5.91 Å². The van der Waals surface area contributed by atoms with E-state index < -0.39 is 0 Å². The lowest BCUT2D eigenvalue weighted by Crippen LogP contribution is -2.46. The summed E-state index contributed by atoms with van der Waals surface area (Å²) in [7, 11) is 0. The lowest BCUT2D eigenvalue weighted by molar-refractivity contribution is -0.119. The second-order valence-corrected chi connectivity index (χ2v) is 6.25. The number of rotatable bonds is 4. The van der Waals surface area contributed by atoms with Crippen LogP contribution in [0.1, 0.15) is 34.6 Å². The molecule has 2 aromatic heterocycles. The maximum absolute atomic E-state index is 12.7. The highest BCUT2D eigenvalue weighted by atomic mass is 16.5. The molecule has 8 heteroatoms. The van der Waals surface area contributed by atoms with Crippen LogP contribution >= 0.6 is 0 Å². The van der Waals surface area contributed by atoms with Crippen molar-refractivity contribution in [1.82, 2.24) is 20.4 Å². The largest absolute Gasteiger partial charge is 0.369 e. The van der Waals surface area contributed by atoms with Gasteiger partial charge < -0.3 is 15.6 Å². The number of amides is 2. The van der Waals surface area contributed by atoms with Gasteiger partial charge in [0, 0.05) is 24.8 Å². The second kappa shape index (κ2) is 6.56. The molecule has 0 aliphatic carbocycles. The smallest absolute Gasteiger partial charge is 0.258 e. The number of likely N-dealkylation sites (tertiary alicyclic amines) is 1. The summed E-state index contributed by atoms with van der Waals surface area (Å²) >= 11 is 0. The fourth-order valence-electron chi connectivity index (χ4n) is 3.12. The van der Waals surface area contributed by atoms with E-state index in [9.17, 15) is 9.59 Å². The molecular weight excluding hydrogens is 310 g/mol. The summed E-state index contributed by atoms with van der Waals surface area (Å²) in [5, 5.41) is 7.62. The predicted octanol–water partition coefficient (Wildman–Crippen LogP) is 0.519. The van der Waals surface area contributed by atoms with E-state index in [0.717, 1.165) is 25.9 Å². The van der Waals surface area contributed by atoms with Crippen molar-refractivity contribution in [3.05, 3.63) is 23.0 Å². The quantitative estimate of drug-likeness (QED) is 0.844. The average Bonchev–Trinajstić information content (AvgIpc) is 2.89. The highest BCUT2D eigenvalue weighted by Crippen LogP contribution is 2.22. The number of nitrogens with zero attached hydrogens (tertiary/aromatic N) is 3. The highest BCUT2D eigenvalue weighted by molar-refractivity contribution is 6.06. The van der Waals surface area contributed by atoms with Crippen LogP contribution in [0, 0.1) is 13.8 Å². The second-order valence-electron chi connectivity index (χ2n) is 6.25. The molecule has 0 aromatic carbocycles. The molecular formula is C16H21N5O3. The fraction of sp³-hybridized carbons (Fsp3) is 0.500. The van der Waals surface area contributed by atoms with Crippen molar-refractivity contribution in [2.24, 2.45) is 5.73 Å². The van der Waals surface area contributed by atoms with Crippen molar-refractivity contribution in [2.75, 3.05) is 19.6 Å². The normalized spacial score (nSPS) is 16.4. The number of fused-ring (bicyclic) bond motifs is 1. The molecule has 3 N–H and O–H groups in total. The number of nitrogens with two attached hydrogens (primary N) is 1. The average molecular weight is 331 g/mol. The van der Waals surface area contributed by atoms with Gasteiger partial charge >= 0.3 is 0 Å². The van der Waals surface area contributed by atoms with Crippen molar-refractivity contribution < 1.29 is 14.1 Å². The highest BCUT2D eigenvalue weighted by Gasteiger charge is 2.24. The Morgan fingerprint density at radius 3 is 2.75 bits per heavy atom. The Bertz CT molecular complexity index is 777. The maximum atomic E-state index is 12.7. The number of aromatic nitrogens is 2. The maximum Gasteiger partial charge on any atom is 0.258 e. The lowest BCUT2D eigenvalue weighted by atomic mass is 10.0. The Kier molecular flexibility index (Phi) is 4.48. The molecule has 0 bridgehead atoms. The molecule has 128 valence electrons. The minimum Gasteiger partial charge on any atom is -0.369 e. The molecule has 0 spiro atoms. The number of carbonyl (C=O) groups is 2. The molecule has 1 fully saturated rings. The number of piperidine rings is 1. The molecule has 3 heterocycles. The summed E-state index contributed by atoms with van der Waals surface area (Å²) in [4.78, 5) is 29.9. The summed E-state index contributed by atoms with van der Waals surface area (Å²) in [6.07, 6.45) is 1.57. The third kappa shape index (κ3) is 3.38. The number of primary amides is 1. The van der Waals surface area contributed by atoms with Gasteiger partial charge in [-0.3, -0.25) is 14.5 Å². The van der Waals surface area contributed by atoms with Gasteiger partial charge in [-0.15, -0.1) is 0 Å². The lowest BCUT2D eigenvalue weighted by Gasteiger charge is -2.31. The first-order valence-corrected chi connectivity index (χ1v) is 7.99. The first-order valence-electron chi connectivity index (χ1n) is 7.99. The minimum atomic E-state index is -0.324. The van der Waals surface area contributed by atoms with Crippen molar-refractivity contribution in [2.45, 2.75) is 32.7 Å². The van der Waals surface area contributed by atoms with E-state index >= 15 is 0 Å². The number of pyridine rings is 1. The Balaban J connectivity index is 1.70. The molecule has 2 aromatic rings. The van der Waals surface area contributed by atoms with Crippen LogP contribution in [-0.2, 0) is 4.79 Å². The number of carbonyl (C=O) groups excluding carboxylic acids is 2. The zero-order chi connectivity index (χ0) is 17.3. The predicted molar refractivity (Wildman–Crippen MR) is 87.4 cm³/mol. The molecule has 0 unspecified atom stereocenters. The van der Waals surface area contributed by atoms with Gasteiger partial charge in [0.05, 0.1) is 23.2 Å². The van der Waals surface area contributed by atoms with Gasteiger partial charge in [0.25, 0.3) is 11.6 Å². The van der Waals surface area contributed by atoms with Gasteiger partial charge in [-0.2, -0.15) is 0 Å². The first-order chi connectivity index (χ1) is 11.4. The Morgan fingerprint density at radius 2 is 2.08 bits per heavy atom. The van der Waals surface area contributed by atoms with Crippen LogP contribution in [-0.4, -0.2) is 52.5 Å². The fourth-order valence-corrected chi connectivity index (χ4v) is 3.12. The molecule has 0 saturated carbocycles. The first kappa shape index (κ1) is 16.4. The summed E-state index contributed by atoms with van der Waals surface area (Å²) in [6, 6.07) is 1.83. The van der Waals surface area contributed by atoms with E-state index in [-0.39, 0.29) is 24.4 Å². The molecule has 1 aliphatic heterocycles. The molecule has 2 amide bonds. The van der Waals surface area contributed by atoms with E-state index in [1.165, 1.54) is 0 Å². The zero-order valence-electron chi connectivity index (χ0n) is 13.8. The van der Waals surface area contributed by atoms with Gasteiger partial charge in [0.15, 0.2) is 0 Å². The number of hydrogen-bond donors (Lipinski definition) is 2. The van der Waals surface area contributed by atoms with Crippen LogP contribution in [0.2, 0.25) is 0 Å². The summed E-state index contributed by atoms with van der Waals surface area (Å²) in [6.45, 7) is 5.36. The van der Waals surface area contributed by atoms with E-state index in [1.54, 1.807) is 13.0 Å². The van der Waals surface area contributed by atoms with E-state index in [2.05, 4.69) is 15.5 Å². The van der Waals surface area contributed by atoms with Gasteiger partial charge in [-0.1, -0.05) is 5.16 Å². The van der Waals surface area contributed by atoms with Gasteiger partial charge in [0.1, 0.15) is 0 Å². The molecule has 1 saturated heterocycles. The Labute approximate surface area is 139 Å². The van der Waals surface area contributed by atoms with Gasteiger partial charge in [-0.05, 0) is 32.8 Å². The van der Waals surface area contributed by atoms with Crippen LogP contribution < -0.4 is 11.1 Å². The van der Waals surface area contributed by atoms with Crippen LogP contribution in [0.4, 0.5) is 0 Å². The summed E-state index contributed by atoms with van der Waals surface area (Å²) in [5.74, 6) is -0.472. The standard InChI is InChI=1S/C16H21N5O3/c1-9-7-12(14-10(2)20-24-16(14)18-9)15(23)19-11-3-5-21(6-4-11)8-13(17)22/h7,11H,3-6,8H2,1-2H3,(H2,17,22)(H,19,23). The van der Waals surface area contributed by atoms with Crippen molar-refractivity contribution in [3.63, 3.8) is 0 Å². The zero-order valence-corrected chi connectivity index (χ0v) is 13.8. The Morgan fingerprint density at radius 1 is 1.38 bits per heavy atom. The monoisotopic (exact) mass is 331 g/mol. The number of aryl methyl sites for hydroxylation is 2. The molecule has 1 aliphatic rings. The molecule has 8 nitrogen and oxygen atoms in total. The molecule has 0 radical (unpaired) electrons. The van der Waals surface area contributed by atoms with E-state index in [0.29, 0.717) is 28.1 Å². The number of nitrogens with one attached hydrogen (secondary N) is 1. The third-order valence-electron chi connectivity index (χ3n) is 4.29. The van der Waals surface area contributed by atoms with Crippen molar-refractivity contribution >= 4 is 22.9 Å². The molecule has 24 heavy (non-hydrogen) atoms. The van der Waals surface area contributed by atoms with Crippen LogP contribution in [0.5, 0.6) is 0 Å². The van der Waals surface area contributed by atoms with Crippen LogP contribution in [0.25, 0.3) is 11.1 Å². The third-order valence-corrected chi connectivity index (χ3v) is 4.29. The van der Waals surface area contributed by atoms with E-state index in [1.807, 2.05) is 11.8 Å². The Hall–Kier alpha value is -2.48. The SMILES string of the molecule is Cc1cc(C(=O)NC2CCN(CC(N)=O)CC2)c2c(C)noc2n1. The minimum absolute atomic E-state index is 0.0744. The van der Waals surface area contributed by atoms with E-state index in [4.69, 9.17) is 10.3 Å². The molecule has 3 rings (SSSR count). The van der Waals surface area contributed by atoms with Crippen molar-refractivity contribution in [1.29, 1.82) is 0 Å². The topological polar surface area (TPSA) is 114 Å². The molecule has 0 atom stereocenters.